The van der Waals surface area contributed by atoms with E-state index in [0.717, 1.165) is 16.9 Å². The number of ether oxygens (including phenoxy) is 3. The highest BCUT2D eigenvalue weighted by atomic mass is 16.5. The lowest BCUT2D eigenvalue weighted by atomic mass is 9.91. The lowest BCUT2D eigenvalue weighted by Crippen LogP contribution is -2.50. The molecular weight excluding hydrogens is 382 g/mol. The summed E-state index contributed by atoms with van der Waals surface area (Å²) in [7, 11) is 3.17. The number of ketones is 1. The molecule has 2 saturated heterocycles. The average molecular weight is 405 g/mol. The summed E-state index contributed by atoms with van der Waals surface area (Å²) in [5.74, 6) is 1.32. The van der Waals surface area contributed by atoms with E-state index in [1.54, 1.807) is 25.2 Å². The summed E-state index contributed by atoms with van der Waals surface area (Å²) in [4.78, 5) is 15.5. The van der Waals surface area contributed by atoms with E-state index in [4.69, 9.17) is 19.6 Å². The lowest BCUT2D eigenvalue weighted by molar-refractivity contribution is -0.119. The van der Waals surface area contributed by atoms with Gasteiger partial charge in [0.05, 0.1) is 32.1 Å². The Morgan fingerprint density at radius 2 is 1.87 bits per heavy atom. The van der Waals surface area contributed by atoms with E-state index in [9.17, 15) is 4.79 Å². The predicted molar refractivity (Wildman–Crippen MR) is 114 cm³/mol. The van der Waals surface area contributed by atoms with E-state index in [-0.39, 0.29) is 18.2 Å². The molecule has 3 aliphatic rings. The van der Waals surface area contributed by atoms with Gasteiger partial charge in [0, 0.05) is 49.0 Å². The third-order valence-electron chi connectivity index (χ3n) is 6.11. The molecule has 5 rings (SSSR count). The van der Waals surface area contributed by atoms with Crippen molar-refractivity contribution in [1.82, 2.24) is 0 Å². The standard InChI is InChI=1S/C23H23N3O4/c1-28-16-10-15(11-17(12-16)29-2)26-22(24)20(21(27)23(26)7-8-30-13-23)19-9-14-5-3-4-6-18(14)25-19/h3-6,10-12,24-25H,7-9,13H2,1-2H3. The first kappa shape index (κ1) is 18.7. The minimum absolute atomic E-state index is 0.0675. The molecule has 7 nitrogen and oxygen atoms in total. The lowest BCUT2D eigenvalue weighted by Gasteiger charge is -2.33. The molecule has 3 heterocycles. The molecule has 1 spiro atoms. The number of methoxy groups -OCH3 is 2. The Morgan fingerprint density at radius 3 is 2.50 bits per heavy atom. The first-order valence-electron chi connectivity index (χ1n) is 9.90. The third kappa shape index (κ3) is 2.62. The van der Waals surface area contributed by atoms with E-state index >= 15 is 0 Å². The van der Waals surface area contributed by atoms with Gasteiger partial charge < -0.3 is 24.4 Å². The van der Waals surface area contributed by atoms with Gasteiger partial charge in [-0.2, -0.15) is 0 Å². The molecule has 7 heteroatoms. The van der Waals surface area contributed by atoms with Crippen LogP contribution in [-0.2, 0) is 16.0 Å². The number of anilines is 2. The number of rotatable bonds is 3. The highest BCUT2D eigenvalue weighted by Crippen LogP contribution is 2.45. The number of nitrogens with zero attached hydrogens (tertiary/aromatic N) is 1. The molecule has 30 heavy (non-hydrogen) atoms. The molecule has 0 aliphatic carbocycles. The second-order valence-corrected chi connectivity index (χ2v) is 7.73. The van der Waals surface area contributed by atoms with Crippen molar-refractivity contribution in [3.63, 3.8) is 0 Å². The maximum atomic E-state index is 13.7. The SMILES string of the molecule is COc1cc(OC)cc(N2C(=N)C(=C3Cc4ccccc4N3)C(=O)C23CCOC3)c1. The topological polar surface area (TPSA) is 83.9 Å². The zero-order valence-electron chi connectivity index (χ0n) is 17.0. The van der Waals surface area contributed by atoms with Crippen molar-refractivity contribution in [3.05, 3.63) is 59.3 Å². The van der Waals surface area contributed by atoms with Crippen LogP contribution in [0.4, 0.5) is 11.4 Å². The normalized spacial score (nSPS) is 25.1. The van der Waals surface area contributed by atoms with E-state index in [1.165, 1.54) is 0 Å². The maximum Gasteiger partial charge on any atom is 0.196 e. The van der Waals surface area contributed by atoms with Crippen LogP contribution in [0.2, 0.25) is 0 Å². The first-order valence-corrected chi connectivity index (χ1v) is 9.90. The quantitative estimate of drug-likeness (QED) is 0.764. The number of hydrogen-bond donors (Lipinski definition) is 2. The number of benzene rings is 2. The van der Waals surface area contributed by atoms with E-state index < -0.39 is 5.54 Å². The molecule has 0 radical (unpaired) electrons. The Balaban J connectivity index is 1.65. The zero-order chi connectivity index (χ0) is 20.9. The Morgan fingerprint density at radius 1 is 1.13 bits per heavy atom. The Kier molecular flexibility index (Phi) is 4.29. The fourth-order valence-corrected chi connectivity index (χ4v) is 4.60. The number of carbonyl (C=O) groups is 1. The van der Waals surface area contributed by atoms with E-state index in [0.29, 0.717) is 42.2 Å². The van der Waals surface area contributed by atoms with Crippen LogP contribution in [0, 0.1) is 5.41 Å². The highest BCUT2D eigenvalue weighted by Gasteiger charge is 2.57. The number of amidine groups is 1. The Bertz CT molecular complexity index is 1040. The Labute approximate surface area is 174 Å². The van der Waals surface area contributed by atoms with Gasteiger partial charge in [-0.3, -0.25) is 10.2 Å². The second-order valence-electron chi connectivity index (χ2n) is 7.73. The van der Waals surface area contributed by atoms with Gasteiger partial charge in [-0.15, -0.1) is 0 Å². The molecule has 154 valence electrons. The monoisotopic (exact) mass is 405 g/mol. The van der Waals surface area contributed by atoms with Crippen LogP contribution >= 0.6 is 0 Å². The molecule has 2 aromatic carbocycles. The number of para-hydroxylation sites is 1. The minimum atomic E-state index is -0.923. The molecule has 3 aliphatic heterocycles. The van der Waals surface area contributed by atoms with Crippen LogP contribution < -0.4 is 19.7 Å². The van der Waals surface area contributed by atoms with Crippen LogP contribution in [0.1, 0.15) is 12.0 Å². The van der Waals surface area contributed by atoms with Crippen LogP contribution in [0.3, 0.4) is 0 Å². The molecule has 2 N–H and O–H groups in total. The molecule has 0 saturated carbocycles. The van der Waals surface area contributed by atoms with Crippen molar-refractivity contribution in [2.75, 3.05) is 37.7 Å². The van der Waals surface area contributed by atoms with Crippen LogP contribution in [0.5, 0.6) is 11.5 Å². The van der Waals surface area contributed by atoms with Crippen LogP contribution in [0.25, 0.3) is 0 Å². The largest absolute Gasteiger partial charge is 0.497 e. The first-order chi connectivity index (χ1) is 14.6. The minimum Gasteiger partial charge on any atom is -0.497 e. The van der Waals surface area contributed by atoms with Gasteiger partial charge in [0.1, 0.15) is 22.9 Å². The van der Waals surface area contributed by atoms with E-state index in [1.807, 2.05) is 36.4 Å². The Hall–Kier alpha value is -3.32. The highest BCUT2D eigenvalue weighted by molar-refractivity contribution is 6.37. The van der Waals surface area contributed by atoms with Gasteiger partial charge in [0.15, 0.2) is 5.78 Å². The van der Waals surface area contributed by atoms with Gasteiger partial charge >= 0.3 is 0 Å². The fourth-order valence-electron chi connectivity index (χ4n) is 4.60. The molecule has 1 unspecified atom stereocenters. The van der Waals surface area contributed by atoms with Crippen molar-refractivity contribution in [3.8, 4) is 11.5 Å². The molecule has 2 aromatic rings. The molecule has 0 bridgehead atoms. The van der Waals surface area contributed by atoms with Gasteiger partial charge in [0.2, 0.25) is 0 Å². The zero-order valence-corrected chi connectivity index (χ0v) is 17.0. The predicted octanol–water partition coefficient (Wildman–Crippen LogP) is 3.15. The summed E-state index contributed by atoms with van der Waals surface area (Å²) >= 11 is 0. The smallest absolute Gasteiger partial charge is 0.196 e. The van der Waals surface area contributed by atoms with Crippen molar-refractivity contribution in [1.29, 1.82) is 5.41 Å². The van der Waals surface area contributed by atoms with Gasteiger partial charge in [-0.05, 0) is 11.6 Å². The number of allylic oxidation sites excluding steroid dienone is 1. The number of carbonyl (C=O) groups excluding carboxylic acids is 1. The van der Waals surface area contributed by atoms with Crippen molar-refractivity contribution in [2.45, 2.75) is 18.4 Å². The molecule has 1 atom stereocenters. The molecular formula is C23H23N3O4. The summed E-state index contributed by atoms with van der Waals surface area (Å²) in [6.07, 6.45) is 1.13. The second kappa shape index (κ2) is 6.88. The summed E-state index contributed by atoms with van der Waals surface area (Å²) in [5, 5.41) is 12.4. The van der Waals surface area contributed by atoms with Crippen LogP contribution in [-0.4, -0.2) is 44.6 Å². The molecule has 0 amide bonds. The van der Waals surface area contributed by atoms with Crippen molar-refractivity contribution in [2.24, 2.45) is 0 Å². The fraction of sp³-hybridized carbons (Fsp3) is 0.304. The van der Waals surface area contributed by atoms with E-state index in [2.05, 4.69) is 5.32 Å². The van der Waals surface area contributed by atoms with Crippen molar-refractivity contribution < 1.29 is 19.0 Å². The number of hydrogen-bond acceptors (Lipinski definition) is 6. The summed E-state index contributed by atoms with van der Waals surface area (Å²) in [5.41, 5.74) is 3.07. The van der Waals surface area contributed by atoms with Crippen LogP contribution in [0.15, 0.2) is 53.7 Å². The summed E-state index contributed by atoms with van der Waals surface area (Å²) in [6, 6.07) is 13.4. The molecule has 0 aromatic heterocycles. The van der Waals surface area contributed by atoms with Gasteiger partial charge in [0.25, 0.3) is 0 Å². The maximum absolute atomic E-state index is 13.7. The average Bonchev–Trinajstić information content (AvgIpc) is 3.45. The van der Waals surface area contributed by atoms with Gasteiger partial charge in [-0.25, -0.2) is 0 Å². The summed E-state index contributed by atoms with van der Waals surface area (Å²) < 4.78 is 16.5. The number of Topliss-reactive ketones (excluding diaryl/α,β-unsaturated/α-hetero) is 1. The number of fused-ring (bicyclic) bond motifs is 1. The van der Waals surface area contributed by atoms with Crippen molar-refractivity contribution >= 4 is 23.0 Å². The number of nitrogens with one attached hydrogen (secondary N) is 2. The summed E-state index contributed by atoms with van der Waals surface area (Å²) in [6.45, 7) is 0.727. The molecule has 2 fully saturated rings. The van der Waals surface area contributed by atoms with Gasteiger partial charge in [-0.1, -0.05) is 18.2 Å². The third-order valence-corrected chi connectivity index (χ3v) is 6.11.